The third-order valence-electron chi connectivity index (χ3n) is 4.41. The number of rotatable bonds is 6. The minimum atomic E-state index is -0.593. The van der Waals surface area contributed by atoms with E-state index in [1.165, 1.54) is 12.1 Å². The van der Waals surface area contributed by atoms with Gasteiger partial charge in [0.15, 0.2) is 6.61 Å². The highest BCUT2D eigenvalue weighted by molar-refractivity contribution is 6.31. The van der Waals surface area contributed by atoms with Gasteiger partial charge in [0.1, 0.15) is 6.07 Å². The summed E-state index contributed by atoms with van der Waals surface area (Å²) in [6.07, 6.45) is 0. The van der Waals surface area contributed by atoms with Gasteiger partial charge in [-0.05, 0) is 35.9 Å². The molecule has 0 aromatic heterocycles. The second-order valence-corrected chi connectivity index (χ2v) is 6.95. The molecule has 2 aromatic carbocycles. The number of halogens is 1. The van der Waals surface area contributed by atoms with E-state index < -0.39 is 18.5 Å². The number of carbonyl (C=O) groups excluding carboxylic acids is 2. The number of esters is 1. The lowest BCUT2D eigenvalue weighted by atomic mass is 10.1. The van der Waals surface area contributed by atoms with E-state index in [2.05, 4.69) is 10.2 Å². The Kier molecular flexibility index (Phi) is 7.19. The van der Waals surface area contributed by atoms with E-state index in [9.17, 15) is 9.59 Å². The molecule has 1 aliphatic heterocycles. The molecule has 150 valence electrons. The summed E-state index contributed by atoms with van der Waals surface area (Å²) >= 11 is 5.88. The van der Waals surface area contributed by atoms with Gasteiger partial charge in [0.05, 0.1) is 30.0 Å². The average Bonchev–Trinajstić information content (AvgIpc) is 2.73. The number of morpholine rings is 1. The summed E-state index contributed by atoms with van der Waals surface area (Å²) in [5.74, 6) is -1.15. The lowest BCUT2D eigenvalue weighted by molar-refractivity contribution is -0.119. The van der Waals surface area contributed by atoms with Gasteiger partial charge in [-0.25, -0.2) is 4.79 Å². The van der Waals surface area contributed by atoms with Gasteiger partial charge in [0.25, 0.3) is 5.91 Å². The fourth-order valence-corrected chi connectivity index (χ4v) is 3.05. The number of ether oxygens (including phenoxy) is 2. The molecule has 2 aromatic rings. The smallest absolute Gasteiger partial charge is 0.338 e. The number of carbonyl (C=O) groups is 2. The Morgan fingerprint density at radius 1 is 1.17 bits per heavy atom. The quantitative estimate of drug-likeness (QED) is 0.732. The minimum absolute atomic E-state index is 0.268. The molecule has 8 heteroatoms. The molecule has 1 fully saturated rings. The minimum Gasteiger partial charge on any atom is -0.452 e. The van der Waals surface area contributed by atoms with Crippen LogP contribution >= 0.6 is 11.6 Å². The molecule has 0 atom stereocenters. The maximum Gasteiger partial charge on any atom is 0.338 e. The first-order valence-corrected chi connectivity index (χ1v) is 9.48. The molecule has 29 heavy (non-hydrogen) atoms. The highest BCUT2D eigenvalue weighted by atomic mass is 35.5. The maximum atomic E-state index is 12.2. The molecule has 1 aliphatic rings. The molecule has 0 saturated carbocycles. The number of hydrogen-bond acceptors (Lipinski definition) is 6. The molecular formula is C21H20ClN3O4. The molecular weight excluding hydrogens is 394 g/mol. The van der Waals surface area contributed by atoms with Gasteiger partial charge in [-0.3, -0.25) is 9.69 Å². The van der Waals surface area contributed by atoms with Crippen LogP contribution in [0.25, 0.3) is 0 Å². The van der Waals surface area contributed by atoms with Crippen molar-refractivity contribution >= 4 is 29.2 Å². The summed E-state index contributed by atoms with van der Waals surface area (Å²) in [7, 11) is 0. The summed E-state index contributed by atoms with van der Waals surface area (Å²) in [4.78, 5) is 26.5. The standard InChI is InChI=1S/C21H20ClN3O4/c22-18-6-5-17(12-23)19(11-18)24-20(26)14-29-21(27)16-3-1-15(2-4-16)13-25-7-9-28-10-8-25/h1-6,11H,7-10,13-14H2,(H,24,26). The van der Waals surface area contributed by atoms with Crippen molar-refractivity contribution in [3.8, 4) is 6.07 Å². The molecule has 0 spiro atoms. The van der Waals surface area contributed by atoms with E-state index in [4.69, 9.17) is 26.3 Å². The Balaban J connectivity index is 1.50. The third-order valence-corrected chi connectivity index (χ3v) is 4.65. The number of hydrogen-bond donors (Lipinski definition) is 1. The van der Waals surface area contributed by atoms with Gasteiger partial charge >= 0.3 is 5.97 Å². The monoisotopic (exact) mass is 413 g/mol. The Morgan fingerprint density at radius 3 is 2.59 bits per heavy atom. The summed E-state index contributed by atoms with van der Waals surface area (Å²) in [6, 6.07) is 13.6. The van der Waals surface area contributed by atoms with Crippen LogP contribution in [-0.2, 0) is 20.8 Å². The van der Waals surface area contributed by atoms with Gasteiger partial charge in [-0.2, -0.15) is 5.26 Å². The summed E-state index contributed by atoms with van der Waals surface area (Å²) in [5, 5.41) is 12.0. The highest BCUT2D eigenvalue weighted by Crippen LogP contribution is 2.20. The fraction of sp³-hybridized carbons (Fsp3) is 0.286. The number of nitriles is 1. The Labute approximate surface area is 173 Å². The van der Waals surface area contributed by atoms with E-state index in [1.54, 1.807) is 18.2 Å². The maximum absolute atomic E-state index is 12.2. The van der Waals surface area contributed by atoms with Gasteiger partial charge in [0, 0.05) is 24.7 Å². The van der Waals surface area contributed by atoms with E-state index in [0.29, 0.717) is 10.6 Å². The van der Waals surface area contributed by atoms with E-state index in [1.807, 2.05) is 18.2 Å². The zero-order chi connectivity index (χ0) is 20.6. The predicted molar refractivity (Wildman–Crippen MR) is 108 cm³/mol. The second kappa shape index (κ2) is 10.0. The van der Waals surface area contributed by atoms with Crippen LogP contribution in [0, 0.1) is 11.3 Å². The van der Waals surface area contributed by atoms with Gasteiger partial charge < -0.3 is 14.8 Å². The number of nitrogens with zero attached hydrogens (tertiary/aromatic N) is 2. The summed E-state index contributed by atoms with van der Waals surface area (Å²) in [5.41, 5.74) is 1.99. The van der Waals surface area contributed by atoms with Crippen molar-refractivity contribution in [2.75, 3.05) is 38.2 Å². The van der Waals surface area contributed by atoms with Gasteiger partial charge in [-0.1, -0.05) is 23.7 Å². The average molecular weight is 414 g/mol. The van der Waals surface area contributed by atoms with Crippen LogP contribution in [0.2, 0.25) is 5.02 Å². The van der Waals surface area contributed by atoms with Crippen LogP contribution in [-0.4, -0.2) is 49.7 Å². The summed E-state index contributed by atoms with van der Waals surface area (Å²) in [6.45, 7) is 3.57. The zero-order valence-corrected chi connectivity index (χ0v) is 16.4. The summed E-state index contributed by atoms with van der Waals surface area (Å²) < 4.78 is 10.4. The molecule has 0 aliphatic carbocycles. The highest BCUT2D eigenvalue weighted by Gasteiger charge is 2.14. The molecule has 0 unspecified atom stereocenters. The van der Waals surface area contributed by atoms with Crippen LogP contribution in [0.15, 0.2) is 42.5 Å². The van der Waals surface area contributed by atoms with Crippen LogP contribution in [0.4, 0.5) is 5.69 Å². The Bertz CT molecular complexity index is 919. The molecule has 1 heterocycles. The van der Waals surface area contributed by atoms with Crippen molar-refractivity contribution in [2.45, 2.75) is 6.54 Å². The lowest BCUT2D eigenvalue weighted by Gasteiger charge is -2.26. The molecule has 7 nitrogen and oxygen atoms in total. The Hall–Kier alpha value is -2.92. The molecule has 0 bridgehead atoms. The molecule has 3 rings (SSSR count). The largest absolute Gasteiger partial charge is 0.452 e. The number of anilines is 1. The predicted octanol–water partition coefficient (Wildman–Crippen LogP) is 2.84. The van der Waals surface area contributed by atoms with Crippen molar-refractivity contribution in [1.29, 1.82) is 5.26 Å². The first-order valence-electron chi connectivity index (χ1n) is 9.11. The van der Waals surface area contributed by atoms with Crippen molar-refractivity contribution in [3.05, 3.63) is 64.2 Å². The third kappa shape index (κ3) is 6.03. The van der Waals surface area contributed by atoms with Crippen LogP contribution in [0.1, 0.15) is 21.5 Å². The fourth-order valence-electron chi connectivity index (χ4n) is 2.88. The number of benzene rings is 2. The number of nitrogens with one attached hydrogen (secondary N) is 1. The SMILES string of the molecule is N#Cc1ccc(Cl)cc1NC(=O)COC(=O)c1ccc(CN2CCOCC2)cc1. The van der Waals surface area contributed by atoms with Crippen LogP contribution < -0.4 is 5.32 Å². The van der Waals surface area contributed by atoms with Crippen molar-refractivity contribution < 1.29 is 19.1 Å². The van der Waals surface area contributed by atoms with Crippen molar-refractivity contribution in [3.63, 3.8) is 0 Å². The van der Waals surface area contributed by atoms with E-state index in [0.717, 1.165) is 38.4 Å². The molecule has 0 radical (unpaired) electrons. The van der Waals surface area contributed by atoms with Crippen LogP contribution in [0.5, 0.6) is 0 Å². The van der Waals surface area contributed by atoms with E-state index in [-0.39, 0.29) is 11.3 Å². The first-order chi connectivity index (χ1) is 14.0. The van der Waals surface area contributed by atoms with Gasteiger partial charge in [0.2, 0.25) is 0 Å². The lowest BCUT2D eigenvalue weighted by Crippen LogP contribution is -2.35. The normalized spacial score (nSPS) is 14.1. The van der Waals surface area contributed by atoms with Crippen molar-refractivity contribution in [1.82, 2.24) is 4.90 Å². The molecule has 1 saturated heterocycles. The molecule has 1 amide bonds. The Morgan fingerprint density at radius 2 is 1.90 bits per heavy atom. The number of amides is 1. The van der Waals surface area contributed by atoms with E-state index >= 15 is 0 Å². The van der Waals surface area contributed by atoms with Crippen LogP contribution in [0.3, 0.4) is 0 Å². The second-order valence-electron chi connectivity index (χ2n) is 6.51. The van der Waals surface area contributed by atoms with Crippen molar-refractivity contribution in [2.24, 2.45) is 0 Å². The first kappa shape index (κ1) is 20.8. The van der Waals surface area contributed by atoms with Gasteiger partial charge in [-0.15, -0.1) is 0 Å². The topological polar surface area (TPSA) is 91.7 Å². The molecule has 1 N–H and O–H groups in total. The zero-order valence-electron chi connectivity index (χ0n) is 15.7.